The van der Waals surface area contributed by atoms with Gasteiger partial charge in [-0.3, -0.25) is 20.3 Å². The van der Waals surface area contributed by atoms with Crippen LogP contribution in [0.4, 0.5) is 5.69 Å². The predicted molar refractivity (Wildman–Crippen MR) is 108 cm³/mol. The second-order valence-electron chi connectivity index (χ2n) is 5.83. The van der Waals surface area contributed by atoms with Crippen LogP contribution in [-0.4, -0.2) is 36.5 Å². The van der Waals surface area contributed by atoms with Crippen molar-refractivity contribution in [2.24, 2.45) is 10.1 Å². The average Bonchev–Trinajstić information content (AvgIpc) is 3.25. The van der Waals surface area contributed by atoms with Crippen molar-refractivity contribution >= 4 is 57.1 Å². The Labute approximate surface area is 167 Å². The fourth-order valence-corrected chi connectivity index (χ4v) is 3.69. The highest BCUT2D eigenvalue weighted by Gasteiger charge is 2.34. The van der Waals surface area contributed by atoms with Gasteiger partial charge in [-0.05, 0) is 49.0 Å². The number of carbonyl (C=O) groups is 1. The van der Waals surface area contributed by atoms with E-state index < -0.39 is 10.8 Å². The maximum Gasteiger partial charge on any atom is 0.289 e. The highest BCUT2D eigenvalue weighted by Crippen LogP contribution is 2.30. The maximum atomic E-state index is 12.4. The van der Waals surface area contributed by atoms with Gasteiger partial charge < -0.3 is 4.57 Å². The highest BCUT2D eigenvalue weighted by molar-refractivity contribution is 8.26. The van der Waals surface area contributed by atoms with E-state index in [9.17, 15) is 14.9 Å². The number of rotatable bonds is 3. The lowest BCUT2D eigenvalue weighted by Crippen LogP contribution is -2.35. The van der Waals surface area contributed by atoms with E-state index in [0.29, 0.717) is 21.6 Å². The molecule has 2 aromatic rings. The molecule has 2 aliphatic rings. The van der Waals surface area contributed by atoms with Crippen LogP contribution in [0.25, 0.3) is 11.8 Å². The SMILES string of the molecule is CC1=NN2C(=N)/C(=C\c3cccn3-c3ccc(Cl)c([N+](=O)[O-])c3)C(=O)N=C2S1. The van der Waals surface area contributed by atoms with Crippen LogP contribution in [-0.2, 0) is 4.79 Å². The maximum absolute atomic E-state index is 12.4. The molecule has 0 saturated carbocycles. The van der Waals surface area contributed by atoms with Crippen LogP contribution in [0.1, 0.15) is 12.6 Å². The number of amides is 1. The first kappa shape index (κ1) is 18.1. The van der Waals surface area contributed by atoms with Crippen LogP contribution < -0.4 is 0 Å². The summed E-state index contributed by atoms with van der Waals surface area (Å²) in [5.41, 5.74) is 0.903. The summed E-state index contributed by atoms with van der Waals surface area (Å²) in [7, 11) is 0. The number of hydrazone groups is 1. The molecule has 0 saturated heterocycles. The van der Waals surface area contributed by atoms with Crippen molar-refractivity contribution in [2.45, 2.75) is 6.92 Å². The lowest BCUT2D eigenvalue weighted by molar-refractivity contribution is -0.384. The third kappa shape index (κ3) is 3.02. The number of aliphatic imine (C=N–C) groups is 1. The van der Waals surface area contributed by atoms with Gasteiger partial charge in [-0.2, -0.15) is 15.1 Å². The number of fused-ring (bicyclic) bond motifs is 1. The van der Waals surface area contributed by atoms with Gasteiger partial charge in [0.1, 0.15) is 5.02 Å². The summed E-state index contributed by atoms with van der Waals surface area (Å²) in [6.07, 6.45) is 3.21. The number of carbonyl (C=O) groups excluding carboxylic acids is 1. The number of hydrogen-bond acceptors (Lipinski definition) is 6. The summed E-state index contributed by atoms with van der Waals surface area (Å²) in [5, 5.41) is 26.1. The van der Waals surface area contributed by atoms with Gasteiger partial charge in [-0.15, -0.1) is 0 Å². The summed E-state index contributed by atoms with van der Waals surface area (Å²) in [6, 6.07) is 7.87. The summed E-state index contributed by atoms with van der Waals surface area (Å²) >= 11 is 7.11. The molecule has 9 nitrogen and oxygen atoms in total. The molecular formula is C17H11ClN6O3S. The largest absolute Gasteiger partial charge is 0.317 e. The van der Waals surface area contributed by atoms with E-state index in [0.717, 1.165) is 0 Å². The second kappa shape index (κ2) is 6.73. The zero-order chi connectivity index (χ0) is 20.0. The molecule has 2 aliphatic heterocycles. The van der Waals surface area contributed by atoms with Crippen molar-refractivity contribution in [3.63, 3.8) is 0 Å². The standard InChI is InChI=1S/C17H11ClN6O3S/c1-9-21-23-15(19)12(16(25)20-17(23)28-9)7-10-3-2-6-22(10)11-4-5-13(18)14(8-11)24(26)27/h2-8,19H,1H3/b12-7+,19-15?. The minimum atomic E-state index is -0.560. The van der Waals surface area contributed by atoms with Crippen LogP contribution in [0.5, 0.6) is 0 Å². The predicted octanol–water partition coefficient (Wildman–Crippen LogP) is 3.68. The Bertz CT molecular complexity index is 1150. The minimum Gasteiger partial charge on any atom is -0.317 e. The Kier molecular flexibility index (Phi) is 4.36. The molecule has 0 fully saturated rings. The van der Waals surface area contributed by atoms with Crippen LogP contribution in [0.3, 0.4) is 0 Å². The van der Waals surface area contributed by atoms with Crippen LogP contribution in [0.2, 0.25) is 5.02 Å². The average molecular weight is 415 g/mol. The zero-order valence-electron chi connectivity index (χ0n) is 14.3. The second-order valence-corrected chi connectivity index (χ2v) is 7.40. The van der Waals surface area contributed by atoms with E-state index in [4.69, 9.17) is 17.0 Å². The Balaban J connectivity index is 1.77. The summed E-state index contributed by atoms with van der Waals surface area (Å²) in [6.45, 7) is 1.77. The van der Waals surface area contributed by atoms with Crippen molar-refractivity contribution in [1.29, 1.82) is 5.41 Å². The zero-order valence-corrected chi connectivity index (χ0v) is 15.9. The summed E-state index contributed by atoms with van der Waals surface area (Å²) in [5.74, 6) is -0.613. The molecule has 0 aliphatic carbocycles. The van der Waals surface area contributed by atoms with Gasteiger partial charge >= 0.3 is 0 Å². The van der Waals surface area contributed by atoms with Crippen molar-refractivity contribution in [3.05, 3.63) is 62.9 Å². The first-order valence-corrected chi connectivity index (χ1v) is 9.13. The highest BCUT2D eigenvalue weighted by atomic mass is 35.5. The van der Waals surface area contributed by atoms with Gasteiger partial charge in [0.2, 0.25) is 5.17 Å². The van der Waals surface area contributed by atoms with E-state index in [2.05, 4.69) is 10.1 Å². The fourth-order valence-electron chi connectivity index (χ4n) is 2.77. The molecule has 140 valence electrons. The normalized spacial score (nSPS) is 17.6. The number of halogens is 1. The van der Waals surface area contributed by atoms with E-state index in [1.165, 1.54) is 35.0 Å². The number of nitrogens with zero attached hydrogens (tertiary/aromatic N) is 5. The molecule has 28 heavy (non-hydrogen) atoms. The molecule has 4 rings (SSSR count). The molecule has 0 radical (unpaired) electrons. The number of thioether (sulfide) groups is 1. The minimum absolute atomic E-state index is 0.0340. The molecule has 0 spiro atoms. The fraction of sp³-hybridized carbons (Fsp3) is 0.0588. The summed E-state index contributed by atoms with van der Waals surface area (Å²) in [4.78, 5) is 27.0. The van der Waals surface area contributed by atoms with Crippen LogP contribution in [0.15, 0.2) is 52.2 Å². The number of benzene rings is 1. The molecule has 1 aromatic carbocycles. The Morgan fingerprint density at radius 1 is 1.36 bits per heavy atom. The Hall–Kier alpha value is -3.24. The van der Waals surface area contributed by atoms with Crippen molar-refractivity contribution in [2.75, 3.05) is 0 Å². The van der Waals surface area contributed by atoms with Gasteiger partial charge in [0.05, 0.1) is 21.2 Å². The van der Waals surface area contributed by atoms with E-state index in [1.54, 1.807) is 35.9 Å². The van der Waals surface area contributed by atoms with Gasteiger partial charge in [0.25, 0.3) is 11.6 Å². The van der Waals surface area contributed by atoms with E-state index in [-0.39, 0.29) is 22.1 Å². The van der Waals surface area contributed by atoms with Crippen molar-refractivity contribution in [1.82, 2.24) is 9.58 Å². The molecule has 1 N–H and O–H groups in total. The topological polar surface area (TPSA) is 117 Å². The lowest BCUT2D eigenvalue weighted by atomic mass is 10.1. The molecule has 0 unspecified atom stereocenters. The van der Waals surface area contributed by atoms with Crippen LogP contribution >= 0.6 is 23.4 Å². The lowest BCUT2D eigenvalue weighted by Gasteiger charge is -2.20. The van der Waals surface area contributed by atoms with Gasteiger partial charge in [-0.25, -0.2) is 0 Å². The van der Waals surface area contributed by atoms with Gasteiger partial charge in [0.15, 0.2) is 5.84 Å². The Morgan fingerprint density at radius 2 is 2.14 bits per heavy atom. The Morgan fingerprint density at radius 3 is 2.89 bits per heavy atom. The summed E-state index contributed by atoms with van der Waals surface area (Å²) < 4.78 is 1.66. The van der Waals surface area contributed by atoms with E-state index in [1.807, 2.05) is 0 Å². The number of amidine groups is 2. The third-order valence-corrected chi connectivity index (χ3v) is 5.18. The molecular weight excluding hydrogens is 404 g/mol. The third-order valence-electron chi connectivity index (χ3n) is 4.03. The van der Waals surface area contributed by atoms with Gasteiger partial charge in [-0.1, -0.05) is 11.6 Å². The number of nitro groups is 1. The number of nitrogens with one attached hydrogen (secondary N) is 1. The molecule has 1 aromatic heterocycles. The first-order valence-electron chi connectivity index (χ1n) is 7.93. The molecule has 0 bridgehead atoms. The number of aromatic nitrogens is 1. The van der Waals surface area contributed by atoms with E-state index >= 15 is 0 Å². The first-order chi connectivity index (χ1) is 13.3. The number of nitro benzene ring substituents is 1. The molecule has 1 amide bonds. The number of hydrogen-bond donors (Lipinski definition) is 1. The molecule has 0 atom stereocenters. The van der Waals surface area contributed by atoms with Crippen molar-refractivity contribution < 1.29 is 9.72 Å². The quantitative estimate of drug-likeness (QED) is 0.467. The van der Waals surface area contributed by atoms with Crippen molar-refractivity contribution in [3.8, 4) is 5.69 Å². The molecule has 3 heterocycles. The monoisotopic (exact) mass is 414 g/mol. The van der Waals surface area contributed by atoms with Gasteiger partial charge in [0, 0.05) is 18.0 Å². The smallest absolute Gasteiger partial charge is 0.289 e. The molecule has 11 heteroatoms. The van der Waals surface area contributed by atoms with Crippen LogP contribution in [0, 0.1) is 15.5 Å².